The van der Waals surface area contributed by atoms with Gasteiger partial charge in [0.05, 0.1) is 9.79 Å². The topological polar surface area (TPSA) is 119 Å². The largest absolute Gasteiger partial charge is 0.289 e. The Morgan fingerprint density at radius 1 is 0.561 bits per heavy atom. The van der Waals surface area contributed by atoms with Crippen LogP contribution in [0.3, 0.4) is 0 Å². The highest BCUT2D eigenvalue weighted by Gasteiger charge is 2.31. The highest BCUT2D eigenvalue weighted by molar-refractivity contribution is 8.14. The lowest BCUT2D eigenvalue weighted by Crippen LogP contribution is -2.21. The summed E-state index contributed by atoms with van der Waals surface area (Å²) >= 11 is 1.38. The highest BCUT2D eigenvalue weighted by Crippen LogP contribution is 2.32. The molecule has 0 radical (unpaired) electrons. The zero-order valence-electron chi connectivity index (χ0n) is 21.3. The number of carbonyl (C=O) groups is 2. The van der Waals surface area contributed by atoms with Crippen molar-refractivity contribution in [3.05, 3.63) is 116 Å². The smallest absolute Gasteiger partial charge is 0.261 e. The van der Waals surface area contributed by atoms with Crippen molar-refractivity contribution >= 4 is 82.5 Å². The highest BCUT2D eigenvalue weighted by atomic mass is 35.7. The summed E-state index contributed by atoms with van der Waals surface area (Å²) in [5.41, 5.74) is 1.61. The fraction of sp³-hybridized carbons (Fsp3) is 0.0690. The minimum Gasteiger partial charge on any atom is -0.289 e. The van der Waals surface area contributed by atoms with E-state index in [1.165, 1.54) is 36.5 Å². The molecule has 5 aromatic rings. The Morgan fingerprint density at radius 3 is 1.63 bits per heavy atom. The van der Waals surface area contributed by atoms with Gasteiger partial charge in [-0.25, -0.2) is 16.8 Å². The fourth-order valence-electron chi connectivity index (χ4n) is 4.70. The summed E-state index contributed by atoms with van der Waals surface area (Å²) in [6.07, 6.45) is 0. The summed E-state index contributed by atoms with van der Waals surface area (Å²) in [6.45, 7) is 3.17. The van der Waals surface area contributed by atoms with Crippen LogP contribution in [-0.4, -0.2) is 28.4 Å². The lowest BCUT2D eigenvalue weighted by atomic mass is 9.83. The molecule has 0 atom stereocenters. The lowest BCUT2D eigenvalue weighted by Gasteiger charge is -2.18. The zero-order chi connectivity index (χ0) is 29.9. The van der Waals surface area contributed by atoms with Gasteiger partial charge in [0.15, 0.2) is 17.0 Å². The van der Waals surface area contributed by atoms with Crippen LogP contribution in [0.2, 0.25) is 0 Å². The Morgan fingerprint density at radius 2 is 1.05 bits per heavy atom. The lowest BCUT2D eigenvalue weighted by molar-refractivity contribution is 0.0979. The molecule has 0 saturated heterocycles. The van der Waals surface area contributed by atoms with Crippen LogP contribution in [-0.2, 0) is 18.1 Å². The Hall–Kier alpha value is -3.41. The summed E-state index contributed by atoms with van der Waals surface area (Å²) < 4.78 is 47.6. The summed E-state index contributed by atoms with van der Waals surface area (Å²) in [6, 6.07) is 19.4. The monoisotopic (exact) mass is 644 g/mol. The van der Waals surface area contributed by atoms with E-state index in [1.54, 1.807) is 43.3 Å². The van der Waals surface area contributed by atoms with E-state index in [2.05, 4.69) is 0 Å². The molecular weight excluding hydrogens is 627 g/mol. The van der Waals surface area contributed by atoms with E-state index < -0.39 is 18.1 Å². The van der Waals surface area contributed by atoms with E-state index in [-0.39, 0.29) is 43.5 Å². The van der Waals surface area contributed by atoms with E-state index in [9.17, 15) is 31.2 Å². The molecule has 1 aliphatic rings. The van der Waals surface area contributed by atoms with Crippen LogP contribution < -0.4 is 5.43 Å². The number of fused-ring (bicyclic) bond motifs is 4. The van der Waals surface area contributed by atoms with Crippen LogP contribution >= 0.6 is 32.7 Å². The van der Waals surface area contributed by atoms with Crippen LogP contribution in [0.1, 0.15) is 43.0 Å². The SMILES string of the molecule is Cc1cc2c(=O)c3ccccc3sc2cc1S(=O)(=O)Cl.Cc1cc2c(cc1S(=O)(=O)Cl)C(=O)c1ccccc1C2=O. The van der Waals surface area contributed by atoms with Gasteiger partial charge in [-0.2, -0.15) is 0 Å². The fourth-order valence-corrected chi connectivity index (χ4v) is 8.27. The number of rotatable bonds is 2. The molecular formula is C29H18Cl2O7S3. The molecule has 4 aromatic carbocycles. The summed E-state index contributed by atoms with van der Waals surface area (Å²) in [5.74, 6) is -0.663. The molecule has 0 fully saturated rings. The van der Waals surface area contributed by atoms with Crippen molar-refractivity contribution in [2.24, 2.45) is 0 Å². The second-order valence-corrected chi connectivity index (χ2v) is 15.4. The molecule has 1 aliphatic carbocycles. The van der Waals surface area contributed by atoms with E-state index in [0.717, 1.165) is 4.70 Å². The third-order valence-electron chi connectivity index (χ3n) is 6.62. The number of halogens is 2. The predicted molar refractivity (Wildman–Crippen MR) is 161 cm³/mol. The maximum absolute atomic E-state index is 12.5. The van der Waals surface area contributed by atoms with Gasteiger partial charge >= 0.3 is 0 Å². The first-order chi connectivity index (χ1) is 19.2. The first-order valence-electron chi connectivity index (χ1n) is 11.9. The van der Waals surface area contributed by atoms with Gasteiger partial charge in [0, 0.05) is 63.8 Å². The van der Waals surface area contributed by atoms with Crippen molar-refractivity contribution < 1.29 is 26.4 Å². The summed E-state index contributed by atoms with van der Waals surface area (Å²) in [4.78, 5) is 37.2. The van der Waals surface area contributed by atoms with E-state index in [4.69, 9.17) is 21.4 Å². The molecule has 0 saturated carbocycles. The maximum Gasteiger partial charge on any atom is 0.261 e. The van der Waals surface area contributed by atoms with E-state index in [1.807, 2.05) is 18.2 Å². The standard InChI is InChI=1S/C15H9ClO4S.C14H9ClO3S2/c1-8-6-11-12(7-13(8)21(16,19)20)15(18)10-5-3-2-4-9(10)14(11)17;1-8-6-10-12(7-13(8)20(15,17)18)19-11-5-3-2-4-9(11)14(10)16/h2-7H,1H3;2-7H,1H3. The number of carbonyl (C=O) groups excluding carboxylic acids is 2. The Balaban J connectivity index is 0.000000165. The van der Waals surface area contributed by atoms with Gasteiger partial charge in [-0.3, -0.25) is 14.4 Å². The van der Waals surface area contributed by atoms with Crippen LogP contribution in [0.4, 0.5) is 0 Å². The number of benzene rings is 4. The summed E-state index contributed by atoms with van der Waals surface area (Å²) in [5, 5.41) is 1.17. The van der Waals surface area contributed by atoms with Crippen molar-refractivity contribution in [2.45, 2.75) is 23.6 Å². The molecule has 0 aliphatic heterocycles. The second-order valence-electron chi connectivity index (χ2n) is 9.28. The predicted octanol–water partition coefficient (Wildman–Crippen LogP) is 6.35. The van der Waals surface area contributed by atoms with Crippen molar-refractivity contribution in [3.63, 3.8) is 0 Å². The zero-order valence-corrected chi connectivity index (χ0v) is 25.2. The molecule has 41 heavy (non-hydrogen) atoms. The summed E-state index contributed by atoms with van der Waals surface area (Å²) in [7, 11) is 3.00. The van der Waals surface area contributed by atoms with E-state index in [0.29, 0.717) is 32.2 Å². The minimum atomic E-state index is -3.98. The van der Waals surface area contributed by atoms with Gasteiger partial charge in [0.1, 0.15) is 0 Å². The quantitative estimate of drug-likeness (QED) is 0.159. The van der Waals surface area contributed by atoms with Gasteiger partial charge in [-0.1, -0.05) is 36.4 Å². The third-order valence-corrected chi connectivity index (χ3v) is 10.7. The van der Waals surface area contributed by atoms with Crippen molar-refractivity contribution in [2.75, 3.05) is 0 Å². The van der Waals surface area contributed by atoms with Gasteiger partial charge in [0.2, 0.25) is 0 Å². The van der Waals surface area contributed by atoms with Crippen molar-refractivity contribution in [3.8, 4) is 0 Å². The van der Waals surface area contributed by atoms with Gasteiger partial charge in [0.25, 0.3) is 18.1 Å². The normalized spacial score (nSPS) is 13.0. The molecule has 0 unspecified atom stereocenters. The van der Waals surface area contributed by atoms with Crippen LogP contribution in [0.15, 0.2) is 87.4 Å². The molecule has 208 valence electrons. The maximum atomic E-state index is 12.5. The van der Waals surface area contributed by atoms with Crippen LogP contribution in [0.5, 0.6) is 0 Å². The van der Waals surface area contributed by atoms with Gasteiger partial charge in [-0.05, 0) is 61.4 Å². The first-order valence-corrected chi connectivity index (χ1v) is 17.3. The molecule has 0 N–H and O–H groups in total. The minimum absolute atomic E-state index is 0.0533. The van der Waals surface area contributed by atoms with Crippen LogP contribution in [0, 0.1) is 13.8 Å². The molecule has 0 amide bonds. The Labute approximate surface area is 247 Å². The number of aryl methyl sites for hydroxylation is 2. The first kappa shape index (κ1) is 29.1. The van der Waals surface area contributed by atoms with Gasteiger partial charge < -0.3 is 0 Å². The van der Waals surface area contributed by atoms with Crippen molar-refractivity contribution in [1.29, 1.82) is 0 Å². The molecule has 0 bridgehead atoms. The third kappa shape index (κ3) is 5.33. The second kappa shape index (κ2) is 10.5. The molecule has 0 spiro atoms. The van der Waals surface area contributed by atoms with Crippen LogP contribution in [0.25, 0.3) is 20.2 Å². The average Bonchev–Trinajstić information content (AvgIpc) is 2.91. The van der Waals surface area contributed by atoms with Gasteiger partial charge in [-0.15, -0.1) is 11.3 Å². The van der Waals surface area contributed by atoms with E-state index >= 15 is 0 Å². The number of hydrogen-bond acceptors (Lipinski definition) is 8. The number of hydrogen-bond donors (Lipinski definition) is 0. The number of ketones is 2. The average molecular weight is 646 g/mol. The molecule has 12 heteroatoms. The Kier molecular flexibility index (Phi) is 7.42. The molecule has 1 heterocycles. The molecule has 6 rings (SSSR count). The molecule has 1 aromatic heterocycles. The Bertz CT molecular complexity index is 2240. The molecule has 7 nitrogen and oxygen atoms in total. The van der Waals surface area contributed by atoms with Crippen molar-refractivity contribution in [1.82, 2.24) is 0 Å².